The predicted molar refractivity (Wildman–Crippen MR) is 96.1 cm³/mol. The molecule has 3 heterocycles. The van der Waals surface area contributed by atoms with Crippen LogP contribution in [-0.2, 0) is 17.6 Å². The molecule has 142 valence electrons. The maximum absolute atomic E-state index is 12.9. The Kier molecular flexibility index (Phi) is 4.50. The highest BCUT2D eigenvalue weighted by atomic mass is 16.4. The second-order valence-corrected chi connectivity index (χ2v) is 8.20. The zero-order valence-corrected chi connectivity index (χ0v) is 15.5. The van der Waals surface area contributed by atoms with Gasteiger partial charge in [0, 0.05) is 30.9 Å². The molecule has 1 amide bonds. The fraction of sp³-hybridized carbons (Fsp3) is 0.737. The van der Waals surface area contributed by atoms with E-state index in [1.165, 1.54) is 0 Å². The summed E-state index contributed by atoms with van der Waals surface area (Å²) in [5.74, 6) is -0.668. The molecule has 7 nitrogen and oxygen atoms in total. The van der Waals surface area contributed by atoms with Gasteiger partial charge in [0.1, 0.15) is 6.04 Å². The molecule has 2 N–H and O–H groups in total. The van der Waals surface area contributed by atoms with Crippen molar-refractivity contribution in [1.29, 1.82) is 0 Å². The number of amides is 1. The van der Waals surface area contributed by atoms with Gasteiger partial charge in [0.25, 0.3) is 5.91 Å². The molecule has 0 saturated carbocycles. The van der Waals surface area contributed by atoms with Crippen LogP contribution in [0, 0.1) is 5.41 Å². The van der Waals surface area contributed by atoms with Crippen LogP contribution in [0.2, 0.25) is 0 Å². The number of nitrogens with zero attached hydrogens (tertiary/aromatic N) is 3. The van der Waals surface area contributed by atoms with E-state index in [1.54, 1.807) is 0 Å². The monoisotopic (exact) mass is 360 g/mol. The second-order valence-electron chi connectivity index (χ2n) is 8.20. The van der Waals surface area contributed by atoms with Gasteiger partial charge in [-0.25, -0.2) is 0 Å². The zero-order chi connectivity index (χ0) is 18.3. The number of aromatic amines is 1. The maximum atomic E-state index is 12.9. The number of nitrogens with one attached hydrogen (secondary N) is 1. The van der Waals surface area contributed by atoms with Gasteiger partial charge in [0.05, 0.1) is 0 Å². The number of likely N-dealkylation sites (tertiary alicyclic amines) is 2. The summed E-state index contributed by atoms with van der Waals surface area (Å²) < 4.78 is 0. The fourth-order valence-corrected chi connectivity index (χ4v) is 5.10. The number of aliphatic carboxylic acids is 1. The molecule has 1 aliphatic carbocycles. The molecule has 0 radical (unpaired) electrons. The van der Waals surface area contributed by atoms with E-state index in [9.17, 15) is 14.7 Å². The lowest BCUT2D eigenvalue weighted by Crippen LogP contribution is -2.44. The number of aryl methyl sites for hydroxylation is 1. The molecule has 3 aliphatic rings. The van der Waals surface area contributed by atoms with Crippen LogP contribution in [0.1, 0.15) is 60.8 Å². The standard InChI is InChI=1S/C19H28N4O3/c1-2-8-23-12-19(11-15(23)18(25)26)6-9-22(10-7-19)17(24)16-13-4-3-5-14(13)20-21-16/h15H,2-12H2,1H3,(H,20,21)(H,25,26). The molecule has 2 fully saturated rings. The van der Waals surface area contributed by atoms with Crippen LogP contribution in [0.4, 0.5) is 0 Å². The lowest BCUT2D eigenvalue weighted by Gasteiger charge is -2.39. The molecule has 26 heavy (non-hydrogen) atoms. The molecule has 4 rings (SSSR count). The number of H-pyrrole nitrogens is 1. The Morgan fingerprint density at radius 2 is 2.08 bits per heavy atom. The van der Waals surface area contributed by atoms with Crippen molar-refractivity contribution in [3.63, 3.8) is 0 Å². The van der Waals surface area contributed by atoms with Gasteiger partial charge in [-0.2, -0.15) is 5.10 Å². The molecule has 2 saturated heterocycles. The average Bonchev–Trinajstić information content (AvgIpc) is 3.30. The van der Waals surface area contributed by atoms with Gasteiger partial charge in [-0.1, -0.05) is 6.92 Å². The second kappa shape index (κ2) is 6.68. The van der Waals surface area contributed by atoms with Crippen molar-refractivity contribution >= 4 is 11.9 Å². The van der Waals surface area contributed by atoms with Crippen molar-refractivity contribution in [3.05, 3.63) is 17.0 Å². The van der Waals surface area contributed by atoms with Crippen molar-refractivity contribution in [2.75, 3.05) is 26.2 Å². The number of fused-ring (bicyclic) bond motifs is 1. The van der Waals surface area contributed by atoms with Crippen LogP contribution in [-0.4, -0.2) is 69.2 Å². The first-order valence-corrected chi connectivity index (χ1v) is 9.85. The number of rotatable bonds is 4. The summed E-state index contributed by atoms with van der Waals surface area (Å²) in [7, 11) is 0. The quantitative estimate of drug-likeness (QED) is 0.853. The van der Waals surface area contributed by atoms with E-state index in [-0.39, 0.29) is 17.4 Å². The SMILES string of the molecule is CCCN1CC2(CCN(C(=O)c3n[nH]c4c3CCC4)CC2)CC1C(=O)O. The Labute approximate surface area is 153 Å². The lowest BCUT2D eigenvalue weighted by molar-refractivity contribution is -0.142. The predicted octanol–water partition coefficient (Wildman–Crippen LogP) is 1.69. The third-order valence-electron chi connectivity index (χ3n) is 6.52. The minimum absolute atomic E-state index is 0.0393. The van der Waals surface area contributed by atoms with Crippen molar-refractivity contribution < 1.29 is 14.7 Å². The van der Waals surface area contributed by atoms with E-state index in [4.69, 9.17) is 0 Å². The van der Waals surface area contributed by atoms with Gasteiger partial charge in [-0.05, 0) is 56.9 Å². The van der Waals surface area contributed by atoms with Crippen molar-refractivity contribution in [3.8, 4) is 0 Å². The first kappa shape index (κ1) is 17.5. The third kappa shape index (κ3) is 2.92. The molecular weight excluding hydrogens is 332 g/mol. The molecule has 1 unspecified atom stereocenters. The highest BCUT2D eigenvalue weighted by Gasteiger charge is 2.48. The third-order valence-corrected chi connectivity index (χ3v) is 6.52. The van der Waals surface area contributed by atoms with Crippen LogP contribution >= 0.6 is 0 Å². The fourth-order valence-electron chi connectivity index (χ4n) is 5.10. The Morgan fingerprint density at radius 3 is 2.77 bits per heavy atom. The van der Waals surface area contributed by atoms with Crippen molar-refractivity contribution in [1.82, 2.24) is 20.0 Å². The summed E-state index contributed by atoms with van der Waals surface area (Å²) in [6.45, 7) is 5.17. The van der Waals surface area contributed by atoms with Gasteiger partial charge in [0.15, 0.2) is 5.69 Å². The number of hydrogen-bond acceptors (Lipinski definition) is 4. The molecule has 0 bridgehead atoms. The Morgan fingerprint density at radius 1 is 1.31 bits per heavy atom. The molecule has 1 aromatic rings. The highest BCUT2D eigenvalue weighted by Crippen LogP contribution is 2.43. The molecule has 1 atom stereocenters. The van der Waals surface area contributed by atoms with Crippen LogP contribution in [0.25, 0.3) is 0 Å². The molecule has 1 spiro atoms. The van der Waals surface area contributed by atoms with Gasteiger partial charge in [0.2, 0.25) is 0 Å². The summed E-state index contributed by atoms with van der Waals surface area (Å²) >= 11 is 0. The van der Waals surface area contributed by atoms with Crippen molar-refractivity contribution in [2.45, 2.75) is 57.9 Å². The summed E-state index contributed by atoms with van der Waals surface area (Å²) in [5, 5.41) is 16.9. The maximum Gasteiger partial charge on any atom is 0.320 e. The normalized spacial score (nSPS) is 25.0. The van der Waals surface area contributed by atoms with E-state index < -0.39 is 5.97 Å². The Hall–Kier alpha value is -1.89. The first-order chi connectivity index (χ1) is 12.5. The topological polar surface area (TPSA) is 89.5 Å². The summed E-state index contributed by atoms with van der Waals surface area (Å²) in [6.07, 6.45) is 6.47. The van der Waals surface area contributed by atoms with Gasteiger partial charge in [-0.15, -0.1) is 0 Å². The minimum Gasteiger partial charge on any atom is -0.480 e. The first-order valence-electron chi connectivity index (χ1n) is 9.85. The number of aromatic nitrogens is 2. The summed E-state index contributed by atoms with van der Waals surface area (Å²) in [5.41, 5.74) is 2.88. The lowest BCUT2D eigenvalue weighted by atomic mass is 9.76. The summed E-state index contributed by atoms with van der Waals surface area (Å²) in [6, 6.07) is -0.369. The van der Waals surface area contributed by atoms with Crippen molar-refractivity contribution in [2.24, 2.45) is 5.41 Å². The molecule has 1 aromatic heterocycles. The van der Waals surface area contributed by atoms with Crippen LogP contribution in [0.5, 0.6) is 0 Å². The Bertz CT molecular complexity index is 706. The van der Waals surface area contributed by atoms with E-state index in [0.29, 0.717) is 25.2 Å². The van der Waals surface area contributed by atoms with E-state index in [0.717, 1.165) is 62.9 Å². The van der Waals surface area contributed by atoms with Gasteiger partial charge < -0.3 is 10.0 Å². The molecule has 2 aliphatic heterocycles. The number of carboxylic acid groups (broad SMARTS) is 1. The number of hydrogen-bond donors (Lipinski definition) is 2. The van der Waals surface area contributed by atoms with E-state index in [1.807, 2.05) is 4.90 Å². The summed E-state index contributed by atoms with van der Waals surface area (Å²) in [4.78, 5) is 28.6. The van der Waals surface area contributed by atoms with E-state index >= 15 is 0 Å². The van der Waals surface area contributed by atoms with Gasteiger partial charge >= 0.3 is 5.97 Å². The van der Waals surface area contributed by atoms with E-state index in [2.05, 4.69) is 22.0 Å². The molecule has 7 heteroatoms. The Balaban J connectivity index is 1.42. The number of piperidine rings is 1. The molecule has 0 aromatic carbocycles. The largest absolute Gasteiger partial charge is 0.480 e. The molecular formula is C19H28N4O3. The number of carbonyl (C=O) groups is 2. The number of carbonyl (C=O) groups excluding carboxylic acids is 1. The van der Waals surface area contributed by atoms with Crippen LogP contribution < -0.4 is 0 Å². The van der Waals surface area contributed by atoms with Crippen LogP contribution in [0.15, 0.2) is 0 Å². The minimum atomic E-state index is -0.707. The van der Waals surface area contributed by atoms with Gasteiger partial charge in [-0.3, -0.25) is 19.6 Å². The number of carboxylic acids is 1. The smallest absolute Gasteiger partial charge is 0.320 e. The average molecular weight is 360 g/mol. The highest BCUT2D eigenvalue weighted by molar-refractivity contribution is 5.94. The van der Waals surface area contributed by atoms with Crippen LogP contribution in [0.3, 0.4) is 0 Å². The zero-order valence-electron chi connectivity index (χ0n) is 15.5.